The summed E-state index contributed by atoms with van der Waals surface area (Å²) < 4.78 is 34.0. The molecule has 0 bridgehead atoms. The molecular weight excluding hydrogens is 634 g/mol. The zero-order valence-electron chi connectivity index (χ0n) is 27.8. The van der Waals surface area contributed by atoms with Crippen LogP contribution in [0.15, 0.2) is 36.5 Å². The van der Waals surface area contributed by atoms with Crippen LogP contribution in [-0.2, 0) is 65.4 Å². The highest BCUT2D eigenvalue weighted by molar-refractivity contribution is 5.86. The summed E-state index contributed by atoms with van der Waals surface area (Å²) in [6.45, 7) is 9.05. The van der Waals surface area contributed by atoms with Crippen LogP contribution < -0.4 is 10.6 Å². The van der Waals surface area contributed by atoms with Crippen LogP contribution in [0.25, 0.3) is 0 Å². The van der Waals surface area contributed by atoms with Crippen molar-refractivity contribution in [1.82, 2.24) is 25.6 Å². The number of rotatable bonds is 12. The molecule has 1 fully saturated rings. The quantitative estimate of drug-likeness (QED) is 0.240. The lowest BCUT2D eigenvalue weighted by atomic mass is 9.97. The molecule has 1 aliphatic heterocycles. The minimum Gasteiger partial charge on any atom is -0.463 e. The van der Waals surface area contributed by atoms with Gasteiger partial charge in [0.15, 0.2) is 24.5 Å². The van der Waals surface area contributed by atoms with E-state index < -0.39 is 84.8 Å². The average Bonchev–Trinajstić information content (AvgIpc) is 3.44. The van der Waals surface area contributed by atoms with Crippen LogP contribution in [0.5, 0.6) is 0 Å². The number of hydrogen-bond acceptors (Lipinski definition) is 14. The fraction of sp³-hybridized carbons (Fsp3) is 0.548. The van der Waals surface area contributed by atoms with Gasteiger partial charge in [-0.05, 0) is 26.3 Å². The minimum absolute atomic E-state index is 0.147. The highest BCUT2D eigenvalue weighted by Crippen LogP contribution is 2.34. The fourth-order valence-corrected chi connectivity index (χ4v) is 4.75. The second-order valence-electron chi connectivity index (χ2n) is 11.9. The smallest absolute Gasteiger partial charge is 0.408 e. The Morgan fingerprint density at radius 1 is 0.875 bits per heavy atom. The first-order valence-corrected chi connectivity index (χ1v) is 15.0. The van der Waals surface area contributed by atoms with E-state index in [0.29, 0.717) is 0 Å². The van der Waals surface area contributed by atoms with E-state index in [4.69, 9.17) is 28.4 Å². The Morgan fingerprint density at radius 3 is 2.06 bits per heavy atom. The Morgan fingerprint density at radius 2 is 1.48 bits per heavy atom. The van der Waals surface area contributed by atoms with Crippen LogP contribution in [0.4, 0.5) is 4.79 Å². The molecule has 1 saturated heterocycles. The molecule has 3 rings (SSSR count). The Balaban J connectivity index is 1.85. The van der Waals surface area contributed by atoms with E-state index in [-0.39, 0.29) is 18.7 Å². The second kappa shape index (κ2) is 16.7. The van der Waals surface area contributed by atoms with E-state index in [1.807, 2.05) is 30.3 Å². The van der Waals surface area contributed by atoms with Gasteiger partial charge in [0.05, 0.1) is 12.7 Å². The van der Waals surface area contributed by atoms with E-state index in [1.165, 1.54) is 6.20 Å². The molecule has 0 radical (unpaired) electrons. The molecule has 1 aliphatic rings. The van der Waals surface area contributed by atoms with E-state index >= 15 is 0 Å². The van der Waals surface area contributed by atoms with Gasteiger partial charge in [0.25, 0.3) is 0 Å². The van der Waals surface area contributed by atoms with Gasteiger partial charge in [-0.1, -0.05) is 35.5 Å². The molecule has 1 aromatic heterocycles. The third-order valence-electron chi connectivity index (χ3n) is 6.52. The van der Waals surface area contributed by atoms with Crippen LogP contribution in [0.1, 0.15) is 66.0 Å². The summed E-state index contributed by atoms with van der Waals surface area (Å²) >= 11 is 0. The topological polar surface area (TPSA) is 213 Å². The summed E-state index contributed by atoms with van der Waals surface area (Å²) in [7, 11) is 0. The molecule has 0 unspecified atom stereocenters. The van der Waals surface area contributed by atoms with Crippen LogP contribution >= 0.6 is 0 Å². The first-order chi connectivity index (χ1) is 22.5. The van der Waals surface area contributed by atoms with Gasteiger partial charge in [-0.25, -0.2) is 9.48 Å². The number of alkyl carbamates (subject to hydrolysis) is 1. The van der Waals surface area contributed by atoms with Gasteiger partial charge in [0.2, 0.25) is 5.91 Å². The normalized spacial score (nSPS) is 21.2. The Kier molecular flexibility index (Phi) is 13.0. The second-order valence-corrected chi connectivity index (χ2v) is 11.9. The van der Waals surface area contributed by atoms with Gasteiger partial charge in [0.1, 0.15) is 30.0 Å². The Labute approximate surface area is 276 Å². The van der Waals surface area contributed by atoms with Gasteiger partial charge >= 0.3 is 30.0 Å². The molecule has 17 heteroatoms. The average molecular weight is 676 g/mol. The summed E-state index contributed by atoms with van der Waals surface area (Å²) in [5.74, 6) is -3.52. The van der Waals surface area contributed by atoms with Crippen LogP contribution in [0, 0.1) is 0 Å². The standard InChI is InChI=1S/C31H41N5O12/c1-17(37)43-16-24-25(44-18(2)38)26(45-19(3)39)27(46-20(4)40)29(47-24)36-15-22(34-35-36)14-32-28(41)23(13-21-11-9-8-10-12-21)33-30(42)48-31(5,6)7/h8-12,15,23-27,29H,13-14,16H2,1-7H3,(H,32,41)(H,33,42)/t23-,24+,25+,26-,27+,29-/m0/s1. The van der Waals surface area contributed by atoms with E-state index in [9.17, 15) is 28.8 Å². The zero-order valence-corrected chi connectivity index (χ0v) is 27.8. The van der Waals surface area contributed by atoms with E-state index in [0.717, 1.165) is 37.9 Å². The third kappa shape index (κ3) is 11.6. The van der Waals surface area contributed by atoms with Gasteiger partial charge in [-0.2, -0.15) is 0 Å². The molecule has 17 nitrogen and oxygen atoms in total. The van der Waals surface area contributed by atoms with E-state index in [2.05, 4.69) is 20.9 Å². The van der Waals surface area contributed by atoms with Gasteiger partial charge in [0, 0.05) is 34.1 Å². The van der Waals surface area contributed by atoms with Crippen LogP contribution in [0.3, 0.4) is 0 Å². The molecular formula is C31H41N5O12. The van der Waals surface area contributed by atoms with E-state index in [1.54, 1.807) is 20.8 Å². The number of aromatic nitrogens is 3. The number of nitrogens with one attached hydrogen (secondary N) is 2. The number of benzene rings is 1. The zero-order chi connectivity index (χ0) is 35.6. The molecule has 262 valence electrons. The number of carbonyl (C=O) groups excluding carboxylic acids is 6. The van der Waals surface area contributed by atoms with Crippen molar-refractivity contribution < 1.29 is 57.2 Å². The number of hydrogen-bond donors (Lipinski definition) is 2. The first-order valence-electron chi connectivity index (χ1n) is 15.0. The Hall–Kier alpha value is -5.06. The van der Waals surface area contributed by atoms with Crippen LogP contribution in [0.2, 0.25) is 0 Å². The highest BCUT2D eigenvalue weighted by Gasteiger charge is 2.53. The first kappa shape index (κ1) is 37.4. The minimum atomic E-state index is -1.40. The van der Waals surface area contributed by atoms with Gasteiger partial charge < -0.3 is 39.1 Å². The molecule has 0 spiro atoms. The summed E-state index contributed by atoms with van der Waals surface area (Å²) in [5, 5.41) is 13.5. The number of carbonyl (C=O) groups is 6. The molecule has 2 amide bonds. The maximum atomic E-state index is 13.3. The van der Waals surface area contributed by atoms with Crippen molar-refractivity contribution in [3.8, 4) is 0 Å². The maximum Gasteiger partial charge on any atom is 0.408 e. The molecule has 2 N–H and O–H groups in total. The van der Waals surface area contributed by atoms with Crippen molar-refractivity contribution in [3.63, 3.8) is 0 Å². The molecule has 6 atom stereocenters. The molecule has 0 saturated carbocycles. The predicted octanol–water partition coefficient (Wildman–Crippen LogP) is 1.29. The van der Waals surface area contributed by atoms with Crippen LogP contribution in [-0.4, -0.2) is 93.5 Å². The number of nitrogens with zero attached hydrogens (tertiary/aromatic N) is 3. The fourth-order valence-electron chi connectivity index (χ4n) is 4.75. The van der Waals surface area contributed by atoms with Gasteiger partial charge in [-0.15, -0.1) is 5.10 Å². The summed E-state index contributed by atoms with van der Waals surface area (Å²) in [6.07, 6.45) is -5.87. The lowest BCUT2D eigenvalue weighted by Crippen LogP contribution is -2.60. The SMILES string of the molecule is CC(=O)OC[C@H]1O[C@H](n2cc(CNC(=O)[C@H](Cc3ccccc3)NC(=O)OC(C)(C)C)nn2)[C@H](OC(C)=O)[C@@H](OC(C)=O)[C@@H]1OC(C)=O. The summed E-state index contributed by atoms with van der Waals surface area (Å²) in [5.41, 5.74) is 0.237. The van der Waals surface area contributed by atoms with Crippen molar-refractivity contribution in [2.75, 3.05) is 6.61 Å². The molecule has 1 aromatic carbocycles. The predicted molar refractivity (Wildman–Crippen MR) is 162 cm³/mol. The molecule has 48 heavy (non-hydrogen) atoms. The molecule has 2 aromatic rings. The highest BCUT2D eigenvalue weighted by atomic mass is 16.7. The molecule has 0 aliphatic carbocycles. The van der Waals surface area contributed by atoms with Gasteiger partial charge in [-0.3, -0.25) is 24.0 Å². The van der Waals surface area contributed by atoms with Crippen molar-refractivity contribution in [3.05, 3.63) is 47.8 Å². The monoisotopic (exact) mass is 675 g/mol. The number of ether oxygens (including phenoxy) is 6. The third-order valence-corrected chi connectivity index (χ3v) is 6.52. The number of amides is 2. The lowest BCUT2D eigenvalue weighted by molar-refractivity contribution is -0.270. The molecule has 2 heterocycles. The summed E-state index contributed by atoms with van der Waals surface area (Å²) in [6, 6.07) is 8.08. The Bertz CT molecular complexity index is 1460. The largest absolute Gasteiger partial charge is 0.463 e. The maximum absolute atomic E-state index is 13.3. The number of esters is 4. The lowest BCUT2D eigenvalue weighted by Gasteiger charge is -2.44. The van der Waals surface area contributed by atoms with Crippen molar-refractivity contribution in [2.45, 2.75) is 104 Å². The van der Waals surface area contributed by atoms with Crippen molar-refractivity contribution in [2.24, 2.45) is 0 Å². The van der Waals surface area contributed by atoms with Crippen molar-refractivity contribution in [1.29, 1.82) is 0 Å². The van der Waals surface area contributed by atoms with Crippen molar-refractivity contribution >= 4 is 35.9 Å². The summed E-state index contributed by atoms with van der Waals surface area (Å²) in [4.78, 5) is 73.7.